The first-order chi connectivity index (χ1) is 14.5. The third-order valence-corrected chi connectivity index (χ3v) is 6.08. The van der Waals surface area contributed by atoms with E-state index in [-0.39, 0.29) is 30.3 Å². The SMILES string of the molecule is CN(C)C(=O)c1ccc(-c2ccccc2[C@@H]2[C@H](C#N)N(C(=O)C3CC3)[C@H]2CO)cc1. The highest BCUT2D eigenvalue weighted by Gasteiger charge is 2.54. The molecular formula is C24H25N3O3. The molecule has 0 radical (unpaired) electrons. The third-order valence-electron chi connectivity index (χ3n) is 6.08. The van der Waals surface area contributed by atoms with Crippen molar-refractivity contribution in [3.8, 4) is 17.2 Å². The van der Waals surface area contributed by atoms with Crippen LogP contribution < -0.4 is 0 Å². The Bertz CT molecular complexity index is 1010. The maximum absolute atomic E-state index is 12.6. The van der Waals surface area contributed by atoms with Crippen molar-refractivity contribution in [1.82, 2.24) is 9.80 Å². The summed E-state index contributed by atoms with van der Waals surface area (Å²) in [7, 11) is 3.43. The number of nitrogens with zero attached hydrogens (tertiary/aromatic N) is 3. The number of hydrogen-bond donors (Lipinski definition) is 1. The highest BCUT2D eigenvalue weighted by molar-refractivity contribution is 5.94. The zero-order valence-electron chi connectivity index (χ0n) is 17.2. The predicted octanol–water partition coefficient (Wildman–Crippen LogP) is 2.64. The minimum absolute atomic E-state index is 0.00729. The lowest BCUT2D eigenvalue weighted by atomic mass is 9.73. The molecule has 1 N–H and O–H groups in total. The number of nitriles is 1. The summed E-state index contributed by atoms with van der Waals surface area (Å²) in [4.78, 5) is 27.9. The summed E-state index contributed by atoms with van der Waals surface area (Å²) in [6, 6.07) is 16.5. The minimum Gasteiger partial charge on any atom is -0.394 e. The number of aliphatic hydroxyl groups excluding tert-OH is 1. The lowest BCUT2D eigenvalue weighted by Crippen LogP contribution is -2.65. The Morgan fingerprint density at radius 3 is 2.37 bits per heavy atom. The molecule has 154 valence electrons. The minimum atomic E-state index is -0.578. The van der Waals surface area contributed by atoms with Crippen molar-refractivity contribution in [2.75, 3.05) is 20.7 Å². The fourth-order valence-corrected chi connectivity index (χ4v) is 4.33. The molecule has 0 aromatic heterocycles. The molecule has 1 heterocycles. The van der Waals surface area contributed by atoms with Gasteiger partial charge in [-0.15, -0.1) is 0 Å². The molecule has 1 aliphatic carbocycles. The van der Waals surface area contributed by atoms with Gasteiger partial charge in [0.05, 0.1) is 18.7 Å². The molecule has 30 heavy (non-hydrogen) atoms. The molecule has 2 fully saturated rings. The Hall–Kier alpha value is -3.17. The summed E-state index contributed by atoms with van der Waals surface area (Å²) in [5.41, 5.74) is 3.42. The van der Waals surface area contributed by atoms with Crippen LogP contribution in [0.5, 0.6) is 0 Å². The van der Waals surface area contributed by atoms with Crippen LogP contribution in [-0.2, 0) is 4.79 Å². The van der Waals surface area contributed by atoms with Crippen LogP contribution in [0.4, 0.5) is 0 Å². The Morgan fingerprint density at radius 1 is 1.13 bits per heavy atom. The van der Waals surface area contributed by atoms with E-state index < -0.39 is 12.1 Å². The summed E-state index contributed by atoms with van der Waals surface area (Å²) in [5, 5.41) is 19.8. The van der Waals surface area contributed by atoms with E-state index in [1.54, 1.807) is 31.1 Å². The number of rotatable bonds is 5. The summed E-state index contributed by atoms with van der Waals surface area (Å²) < 4.78 is 0. The second-order valence-electron chi connectivity index (χ2n) is 8.23. The van der Waals surface area contributed by atoms with Crippen LogP contribution in [-0.4, -0.2) is 59.5 Å². The summed E-state index contributed by atoms with van der Waals surface area (Å²) in [5.74, 6) is -0.316. The molecule has 6 heteroatoms. The lowest BCUT2D eigenvalue weighted by Gasteiger charge is -2.52. The normalized spacial score (nSPS) is 22.7. The highest BCUT2D eigenvalue weighted by atomic mass is 16.3. The first-order valence-corrected chi connectivity index (χ1v) is 10.2. The number of carbonyl (C=O) groups excluding carboxylic acids is 2. The van der Waals surface area contributed by atoms with Gasteiger partial charge in [-0.3, -0.25) is 9.59 Å². The van der Waals surface area contributed by atoms with Crippen molar-refractivity contribution in [3.63, 3.8) is 0 Å². The van der Waals surface area contributed by atoms with E-state index in [4.69, 9.17) is 0 Å². The first kappa shape index (κ1) is 20.1. The van der Waals surface area contributed by atoms with Gasteiger partial charge in [0, 0.05) is 31.5 Å². The maximum Gasteiger partial charge on any atom is 0.253 e. The molecule has 0 bridgehead atoms. The number of likely N-dealkylation sites (tertiary alicyclic amines) is 1. The fraction of sp³-hybridized carbons (Fsp3) is 0.375. The molecule has 0 spiro atoms. The maximum atomic E-state index is 12.6. The molecule has 2 aromatic rings. The van der Waals surface area contributed by atoms with Crippen molar-refractivity contribution < 1.29 is 14.7 Å². The second kappa shape index (κ2) is 7.92. The van der Waals surface area contributed by atoms with E-state index in [1.165, 1.54) is 4.90 Å². The quantitative estimate of drug-likeness (QED) is 0.832. The molecule has 2 aliphatic rings. The highest BCUT2D eigenvalue weighted by Crippen LogP contribution is 2.46. The summed E-state index contributed by atoms with van der Waals surface area (Å²) in [6.07, 6.45) is 1.73. The van der Waals surface area contributed by atoms with Gasteiger partial charge in [-0.2, -0.15) is 5.26 Å². The molecule has 2 amide bonds. The van der Waals surface area contributed by atoms with Crippen LogP contribution in [0.1, 0.15) is 34.7 Å². The monoisotopic (exact) mass is 403 g/mol. The van der Waals surface area contributed by atoms with Gasteiger partial charge in [0.15, 0.2) is 0 Å². The van der Waals surface area contributed by atoms with E-state index >= 15 is 0 Å². The van der Waals surface area contributed by atoms with Crippen molar-refractivity contribution in [3.05, 3.63) is 59.7 Å². The Kier molecular flexibility index (Phi) is 5.31. The van der Waals surface area contributed by atoms with E-state index in [0.717, 1.165) is 29.5 Å². The van der Waals surface area contributed by atoms with Gasteiger partial charge in [0.2, 0.25) is 5.91 Å². The molecule has 1 saturated carbocycles. The van der Waals surface area contributed by atoms with Gasteiger partial charge in [-0.25, -0.2) is 0 Å². The number of carbonyl (C=O) groups is 2. The smallest absolute Gasteiger partial charge is 0.253 e. The molecule has 1 aliphatic heterocycles. The predicted molar refractivity (Wildman–Crippen MR) is 112 cm³/mol. The molecule has 0 unspecified atom stereocenters. The number of benzene rings is 2. The van der Waals surface area contributed by atoms with Gasteiger partial charge in [0.1, 0.15) is 6.04 Å². The van der Waals surface area contributed by atoms with Crippen molar-refractivity contribution in [2.24, 2.45) is 5.92 Å². The van der Waals surface area contributed by atoms with Crippen LogP contribution >= 0.6 is 0 Å². The summed E-state index contributed by atoms with van der Waals surface area (Å²) in [6.45, 7) is -0.175. The topological polar surface area (TPSA) is 84.6 Å². The van der Waals surface area contributed by atoms with Crippen molar-refractivity contribution in [1.29, 1.82) is 5.26 Å². The van der Waals surface area contributed by atoms with Gasteiger partial charge >= 0.3 is 0 Å². The Morgan fingerprint density at radius 2 is 1.80 bits per heavy atom. The van der Waals surface area contributed by atoms with Gasteiger partial charge < -0.3 is 14.9 Å². The second-order valence-corrected chi connectivity index (χ2v) is 8.23. The fourth-order valence-electron chi connectivity index (χ4n) is 4.33. The van der Waals surface area contributed by atoms with E-state index in [0.29, 0.717) is 5.56 Å². The zero-order valence-corrected chi connectivity index (χ0v) is 17.2. The van der Waals surface area contributed by atoms with Crippen LogP contribution in [0.15, 0.2) is 48.5 Å². The third kappa shape index (κ3) is 3.35. The average Bonchev–Trinajstić information content (AvgIpc) is 3.59. The van der Waals surface area contributed by atoms with E-state index in [2.05, 4.69) is 6.07 Å². The Labute approximate surface area is 176 Å². The number of aliphatic hydroxyl groups is 1. The lowest BCUT2D eigenvalue weighted by molar-refractivity contribution is -0.148. The standard InChI is InChI=1S/C24H25N3O3/c1-26(2)23(29)16-9-7-15(8-10-16)18-5-3-4-6-19(18)22-20(13-25)27(21(22)14-28)24(30)17-11-12-17/h3-10,17,20-22,28H,11-12,14H2,1-2H3/t20-,21-,22+/m0/s1. The molecular weight excluding hydrogens is 378 g/mol. The van der Waals surface area contributed by atoms with Gasteiger partial charge in [-0.05, 0) is 41.7 Å². The average molecular weight is 403 g/mol. The Balaban J connectivity index is 1.67. The van der Waals surface area contributed by atoms with Gasteiger partial charge in [0.25, 0.3) is 5.91 Å². The van der Waals surface area contributed by atoms with E-state index in [1.807, 2.05) is 36.4 Å². The molecule has 6 nitrogen and oxygen atoms in total. The number of hydrogen-bond acceptors (Lipinski definition) is 4. The van der Waals surface area contributed by atoms with Crippen LogP contribution in [0, 0.1) is 17.2 Å². The number of amides is 2. The molecule has 2 aromatic carbocycles. The van der Waals surface area contributed by atoms with Crippen molar-refractivity contribution >= 4 is 11.8 Å². The van der Waals surface area contributed by atoms with Crippen molar-refractivity contribution in [2.45, 2.75) is 30.8 Å². The van der Waals surface area contributed by atoms with Crippen LogP contribution in [0.3, 0.4) is 0 Å². The summed E-state index contributed by atoms with van der Waals surface area (Å²) >= 11 is 0. The molecule has 4 rings (SSSR count). The zero-order chi connectivity index (χ0) is 21.4. The van der Waals surface area contributed by atoms with E-state index in [9.17, 15) is 20.0 Å². The molecule has 3 atom stereocenters. The van der Waals surface area contributed by atoms with Crippen LogP contribution in [0.2, 0.25) is 0 Å². The first-order valence-electron chi connectivity index (χ1n) is 10.2. The van der Waals surface area contributed by atoms with Crippen LogP contribution in [0.25, 0.3) is 11.1 Å². The largest absolute Gasteiger partial charge is 0.394 e. The molecule has 1 saturated heterocycles. The van der Waals surface area contributed by atoms with Gasteiger partial charge in [-0.1, -0.05) is 36.4 Å².